The van der Waals surface area contributed by atoms with E-state index in [1.165, 1.54) is 0 Å². The van der Waals surface area contributed by atoms with Crippen LogP contribution in [0.4, 0.5) is 0 Å². The van der Waals surface area contributed by atoms with Crippen LogP contribution in [0.1, 0.15) is 34.1 Å². The smallest absolute Gasteiger partial charge is 0.239 e. The molecule has 0 bridgehead atoms. The van der Waals surface area contributed by atoms with Gasteiger partial charge in [-0.2, -0.15) is 0 Å². The van der Waals surface area contributed by atoms with Gasteiger partial charge in [0.05, 0.1) is 12.6 Å². The largest absolute Gasteiger partial charge is 0.379 e. The third-order valence-corrected chi connectivity index (χ3v) is 2.92. The van der Waals surface area contributed by atoms with E-state index >= 15 is 0 Å². The van der Waals surface area contributed by atoms with E-state index in [-0.39, 0.29) is 24.0 Å². The highest BCUT2D eigenvalue weighted by molar-refractivity contribution is 5.86. The van der Waals surface area contributed by atoms with E-state index in [4.69, 9.17) is 4.74 Å². The monoisotopic (exact) mass is 286 g/mol. The molecule has 0 fully saturated rings. The number of nitrogens with one attached hydrogen (secondary N) is 3. The molecule has 0 spiro atoms. The van der Waals surface area contributed by atoms with E-state index in [2.05, 4.69) is 41.7 Å². The fourth-order valence-electron chi connectivity index (χ4n) is 1.64. The number of methoxy groups -OCH3 is 1. The van der Waals surface area contributed by atoms with Crippen molar-refractivity contribution in [3.8, 4) is 0 Å². The number of hydrogen-bond acceptors (Lipinski definition) is 3. The molecule has 0 saturated carbocycles. The van der Waals surface area contributed by atoms with Gasteiger partial charge in [0.1, 0.15) is 0 Å². The molecule has 118 valence electrons. The molecule has 0 aromatic rings. The first-order chi connectivity index (χ1) is 9.35. The molecule has 0 radical (unpaired) electrons. The van der Waals surface area contributed by atoms with Crippen molar-refractivity contribution in [2.45, 2.75) is 40.2 Å². The summed E-state index contributed by atoms with van der Waals surface area (Å²) in [6.07, 6.45) is 0.995. The van der Waals surface area contributed by atoms with Crippen LogP contribution in [-0.4, -0.2) is 51.8 Å². The molecule has 0 aromatic carbocycles. The van der Waals surface area contributed by atoms with Gasteiger partial charge < -0.3 is 20.7 Å². The van der Waals surface area contributed by atoms with Gasteiger partial charge in [-0.25, -0.2) is 0 Å². The van der Waals surface area contributed by atoms with Crippen LogP contribution in [0.25, 0.3) is 0 Å². The topological polar surface area (TPSA) is 74.8 Å². The summed E-state index contributed by atoms with van der Waals surface area (Å²) < 4.78 is 5.46. The zero-order valence-electron chi connectivity index (χ0n) is 13.7. The van der Waals surface area contributed by atoms with E-state index in [0.29, 0.717) is 19.0 Å². The van der Waals surface area contributed by atoms with Gasteiger partial charge in [-0.15, -0.1) is 0 Å². The van der Waals surface area contributed by atoms with Crippen molar-refractivity contribution in [2.24, 2.45) is 10.4 Å². The molecule has 0 saturated heterocycles. The van der Waals surface area contributed by atoms with Crippen LogP contribution < -0.4 is 16.0 Å². The van der Waals surface area contributed by atoms with Crippen LogP contribution >= 0.6 is 0 Å². The second kappa shape index (κ2) is 9.58. The summed E-state index contributed by atoms with van der Waals surface area (Å²) in [5, 5.41) is 8.96. The van der Waals surface area contributed by atoms with Gasteiger partial charge in [0.25, 0.3) is 0 Å². The quantitative estimate of drug-likeness (QED) is 0.477. The first kappa shape index (κ1) is 18.7. The van der Waals surface area contributed by atoms with Crippen LogP contribution in [-0.2, 0) is 9.53 Å². The van der Waals surface area contributed by atoms with E-state index in [0.717, 1.165) is 6.42 Å². The highest BCUT2D eigenvalue weighted by atomic mass is 16.5. The molecular weight excluding hydrogens is 256 g/mol. The van der Waals surface area contributed by atoms with Crippen LogP contribution in [0.3, 0.4) is 0 Å². The Morgan fingerprint density at radius 2 is 1.90 bits per heavy atom. The highest BCUT2D eigenvalue weighted by Gasteiger charge is 2.24. The summed E-state index contributed by atoms with van der Waals surface area (Å²) in [5.41, 5.74) is 0.0408. The Hall–Kier alpha value is -1.30. The molecule has 6 nitrogen and oxygen atoms in total. The normalized spacial score (nSPS) is 13.8. The minimum absolute atomic E-state index is 0.0334. The van der Waals surface area contributed by atoms with Crippen LogP contribution in [0.15, 0.2) is 4.99 Å². The van der Waals surface area contributed by atoms with Crippen molar-refractivity contribution in [3.05, 3.63) is 0 Å². The van der Waals surface area contributed by atoms with Gasteiger partial charge in [0, 0.05) is 27.2 Å². The summed E-state index contributed by atoms with van der Waals surface area (Å²) in [4.78, 5) is 15.6. The molecule has 0 heterocycles. The van der Waals surface area contributed by atoms with Gasteiger partial charge in [0.2, 0.25) is 5.91 Å². The summed E-state index contributed by atoms with van der Waals surface area (Å²) in [5.74, 6) is 0.567. The van der Waals surface area contributed by atoms with Crippen LogP contribution in [0, 0.1) is 5.41 Å². The van der Waals surface area contributed by atoms with Crippen molar-refractivity contribution in [2.75, 3.05) is 33.8 Å². The fourth-order valence-corrected chi connectivity index (χ4v) is 1.64. The molecule has 0 aliphatic rings. The number of guanidine groups is 1. The number of ether oxygens (including phenoxy) is 1. The number of carbonyl (C=O) groups excluding carboxylic acids is 1. The zero-order chi connectivity index (χ0) is 15.6. The Balaban J connectivity index is 4.14. The van der Waals surface area contributed by atoms with Crippen LogP contribution in [0.2, 0.25) is 0 Å². The van der Waals surface area contributed by atoms with Crippen LogP contribution in [0.5, 0.6) is 0 Å². The lowest BCUT2D eigenvalue weighted by Crippen LogP contribution is -2.47. The lowest BCUT2D eigenvalue weighted by molar-refractivity contribution is -0.120. The maximum absolute atomic E-state index is 11.5. The molecule has 0 aromatic heterocycles. The number of hydrogen-bond donors (Lipinski definition) is 3. The second-order valence-corrected chi connectivity index (χ2v) is 5.75. The number of aliphatic imine (C=N–C) groups is 1. The Morgan fingerprint density at radius 1 is 1.25 bits per heavy atom. The van der Waals surface area contributed by atoms with Crippen molar-refractivity contribution < 1.29 is 9.53 Å². The summed E-state index contributed by atoms with van der Waals surface area (Å²) in [7, 11) is 3.38. The predicted molar refractivity (Wildman–Crippen MR) is 82.9 cm³/mol. The van der Waals surface area contributed by atoms with E-state index in [1.807, 2.05) is 6.92 Å². The number of carbonyl (C=O) groups is 1. The highest BCUT2D eigenvalue weighted by Crippen LogP contribution is 2.20. The predicted octanol–water partition coefficient (Wildman–Crippen LogP) is 0.739. The molecule has 0 rings (SSSR count). The summed E-state index contributed by atoms with van der Waals surface area (Å²) in [6.45, 7) is 9.93. The molecule has 0 aliphatic carbocycles. The molecule has 1 atom stereocenters. The maximum Gasteiger partial charge on any atom is 0.239 e. The number of nitrogens with zero attached hydrogens (tertiary/aromatic N) is 1. The Morgan fingerprint density at radius 3 is 2.35 bits per heavy atom. The standard InChI is InChI=1S/C14H30N4O2/c1-7-8-16-12(19)10-18-13(15-5)17-9-11(20-6)14(2,3)4/h11H,7-10H2,1-6H3,(H,16,19)(H2,15,17,18). The molecule has 1 unspecified atom stereocenters. The van der Waals surface area contributed by atoms with E-state index < -0.39 is 0 Å². The molecule has 1 amide bonds. The minimum atomic E-state index is -0.0334. The van der Waals surface area contributed by atoms with E-state index in [9.17, 15) is 4.79 Å². The molecule has 3 N–H and O–H groups in total. The van der Waals surface area contributed by atoms with E-state index in [1.54, 1.807) is 14.2 Å². The number of amides is 1. The molecule has 6 heteroatoms. The number of rotatable bonds is 7. The van der Waals surface area contributed by atoms with Crippen molar-refractivity contribution in [1.29, 1.82) is 0 Å². The van der Waals surface area contributed by atoms with Crippen molar-refractivity contribution in [3.63, 3.8) is 0 Å². The van der Waals surface area contributed by atoms with Gasteiger partial charge in [0.15, 0.2) is 5.96 Å². The summed E-state index contributed by atoms with van der Waals surface area (Å²) in [6, 6.07) is 0. The van der Waals surface area contributed by atoms with Crippen molar-refractivity contribution in [1.82, 2.24) is 16.0 Å². The molecule has 20 heavy (non-hydrogen) atoms. The SMILES string of the molecule is CCCNC(=O)CNC(=NC)NCC(OC)C(C)(C)C. The minimum Gasteiger partial charge on any atom is -0.379 e. The maximum atomic E-state index is 11.5. The van der Waals surface area contributed by atoms with Gasteiger partial charge in [-0.05, 0) is 11.8 Å². The lowest BCUT2D eigenvalue weighted by Gasteiger charge is -2.30. The molecule has 0 aliphatic heterocycles. The van der Waals surface area contributed by atoms with Gasteiger partial charge in [-0.1, -0.05) is 27.7 Å². The first-order valence-corrected chi connectivity index (χ1v) is 7.09. The van der Waals surface area contributed by atoms with Gasteiger partial charge >= 0.3 is 0 Å². The Labute approximate surface area is 122 Å². The van der Waals surface area contributed by atoms with Gasteiger partial charge in [-0.3, -0.25) is 9.79 Å². The third-order valence-electron chi connectivity index (χ3n) is 2.92. The lowest BCUT2D eigenvalue weighted by atomic mass is 9.89. The first-order valence-electron chi connectivity index (χ1n) is 7.09. The average molecular weight is 286 g/mol. The Kier molecular flexibility index (Phi) is 8.96. The Bertz CT molecular complexity index is 311. The van der Waals surface area contributed by atoms with Crippen molar-refractivity contribution >= 4 is 11.9 Å². The average Bonchev–Trinajstić information content (AvgIpc) is 2.38. The zero-order valence-corrected chi connectivity index (χ0v) is 13.7. The third kappa shape index (κ3) is 7.99. The second-order valence-electron chi connectivity index (χ2n) is 5.75. The fraction of sp³-hybridized carbons (Fsp3) is 0.857. The summed E-state index contributed by atoms with van der Waals surface area (Å²) >= 11 is 0. The molecular formula is C14H30N4O2.